The van der Waals surface area contributed by atoms with Gasteiger partial charge in [0, 0.05) is 24.6 Å². The number of hydrogen-bond acceptors (Lipinski definition) is 3. The smallest absolute Gasteiger partial charge is 0.258 e. The fourth-order valence-electron chi connectivity index (χ4n) is 2.74. The van der Waals surface area contributed by atoms with E-state index in [0.717, 1.165) is 0 Å². The van der Waals surface area contributed by atoms with Crippen molar-refractivity contribution in [3.8, 4) is 0 Å². The molecule has 0 saturated carbocycles. The number of halogens is 2. The molecule has 2 heterocycles. The first-order valence-electron chi connectivity index (χ1n) is 7.11. The summed E-state index contributed by atoms with van der Waals surface area (Å²) in [5.41, 5.74) is 0.597. The first kappa shape index (κ1) is 14.6. The molecule has 1 fully saturated rings. The van der Waals surface area contributed by atoms with Gasteiger partial charge in [-0.1, -0.05) is 0 Å². The Bertz CT molecular complexity index is 752. The summed E-state index contributed by atoms with van der Waals surface area (Å²) in [6.07, 6.45) is -0.412. The molecule has 116 valence electrons. The van der Waals surface area contributed by atoms with Crippen molar-refractivity contribution in [1.82, 2.24) is 14.9 Å². The second-order valence-electron chi connectivity index (χ2n) is 5.43. The maximum absolute atomic E-state index is 12.6. The number of amides is 1. The molecule has 1 aromatic heterocycles. The van der Waals surface area contributed by atoms with Crippen molar-refractivity contribution in [1.29, 1.82) is 0 Å². The maximum Gasteiger partial charge on any atom is 0.258 e. The van der Waals surface area contributed by atoms with Gasteiger partial charge in [-0.2, -0.15) is 0 Å². The van der Waals surface area contributed by atoms with Crippen molar-refractivity contribution in [2.75, 3.05) is 13.1 Å². The summed E-state index contributed by atoms with van der Waals surface area (Å²) in [7, 11) is 0. The van der Waals surface area contributed by atoms with Gasteiger partial charge in [0.25, 0.3) is 11.5 Å². The van der Waals surface area contributed by atoms with Gasteiger partial charge in [0.15, 0.2) is 0 Å². The number of rotatable bonds is 2. The van der Waals surface area contributed by atoms with Crippen LogP contribution in [-0.2, 0) is 0 Å². The highest BCUT2D eigenvalue weighted by atomic mass is 19.3. The predicted molar refractivity (Wildman–Crippen MR) is 77.0 cm³/mol. The second kappa shape index (κ2) is 5.82. The van der Waals surface area contributed by atoms with Gasteiger partial charge in [0.2, 0.25) is 6.43 Å². The zero-order valence-corrected chi connectivity index (χ0v) is 11.8. The molecular weight excluding hydrogens is 292 g/mol. The minimum Gasteiger partial charge on any atom is -0.339 e. The molecule has 0 aliphatic carbocycles. The molecule has 0 atom stereocenters. The van der Waals surface area contributed by atoms with Gasteiger partial charge in [0.1, 0.15) is 0 Å². The molecule has 1 saturated heterocycles. The molecule has 22 heavy (non-hydrogen) atoms. The van der Waals surface area contributed by atoms with E-state index in [1.54, 1.807) is 23.1 Å². The van der Waals surface area contributed by atoms with Crippen LogP contribution < -0.4 is 5.56 Å². The third-order valence-electron chi connectivity index (χ3n) is 4.07. The number of benzene rings is 1. The topological polar surface area (TPSA) is 66.1 Å². The van der Waals surface area contributed by atoms with Crippen molar-refractivity contribution < 1.29 is 13.6 Å². The molecule has 1 N–H and O–H groups in total. The average molecular weight is 307 g/mol. The first-order chi connectivity index (χ1) is 10.6. The van der Waals surface area contributed by atoms with Crippen molar-refractivity contribution in [2.45, 2.75) is 19.3 Å². The van der Waals surface area contributed by atoms with Gasteiger partial charge >= 0.3 is 0 Å². The Kier molecular flexibility index (Phi) is 3.87. The SMILES string of the molecule is O=C(c1ccc2c(=O)[nH]cnc2c1)N1CCC(C(F)F)CC1. The third-order valence-corrected chi connectivity index (χ3v) is 4.07. The van der Waals surface area contributed by atoms with Gasteiger partial charge in [-0.05, 0) is 31.0 Å². The molecular formula is C15H15F2N3O2. The fourth-order valence-corrected chi connectivity index (χ4v) is 2.74. The number of fused-ring (bicyclic) bond motifs is 1. The van der Waals surface area contributed by atoms with E-state index in [1.807, 2.05) is 0 Å². The standard InChI is InChI=1S/C15H15F2N3O2/c16-13(17)9-3-5-20(6-4-9)15(22)10-1-2-11-12(7-10)18-8-19-14(11)21/h1-2,7-9,13H,3-6H2,(H,18,19,21). The zero-order chi connectivity index (χ0) is 15.7. The molecule has 0 bridgehead atoms. The number of likely N-dealkylation sites (tertiary alicyclic amines) is 1. The van der Waals surface area contributed by atoms with Gasteiger partial charge in [-0.25, -0.2) is 13.8 Å². The third kappa shape index (κ3) is 2.70. The summed E-state index contributed by atoms with van der Waals surface area (Å²) in [4.78, 5) is 32.1. The van der Waals surface area contributed by atoms with Crippen molar-refractivity contribution in [3.05, 3.63) is 40.4 Å². The predicted octanol–water partition coefficient (Wildman–Crippen LogP) is 2.04. The van der Waals surface area contributed by atoms with Crippen LogP contribution in [0.25, 0.3) is 10.9 Å². The van der Waals surface area contributed by atoms with Crippen molar-refractivity contribution in [3.63, 3.8) is 0 Å². The van der Waals surface area contributed by atoms with Crippen LogP contribution in [0.4, 0.5) is 8.78 Å². The normalized spacial score (nSPS) is 16.4. The van der Waals surface area contributed by atoms with Crippen molar-refractivity contribution in [2.24, 2.45) is 5.92 Å². The van der Waals surface area contributed by atoms with Crippen LogP contribution in [0.5, 0.6) is 0 Å². The molecule has 1 amide bonds. The first-order valence-corrected chi connectivity index (χ1v) is 7.11. The summed E-state index contributed by atoms with van der Waals surface area (Å²) in [6, 6.07) is 4.69. The van der Waals surface area contributed by atoms with Crippen LogP contribution in [0.2, 0.25) is 0 Å². The molecule has 0 unspecified atom stereocenters. The van der Waals surface area contributed by atoms with E-state index in [4.69, 9.17) is 0 Å². The summed E-state index contributed by atoms with van der Waals surface area (Å²) >= 11 is 0. The Morgan fingerprint density at radius 3 is 2.73 bits per heavy atom. The molecule has 7 heteroatoms. The van der Waals surface area contributed by atoms with E-state index in [0.29, 0.717) is 42.4 Å². The quantitative estimate of drug-likeness (QED) is 0.923. The lowest BCUT2D eigenvalue weighted by atomic mass is 9.97. The molecule has 1 aromatic carbocycles. The lowest BCUT2D eigenvalue weighted by Gasteiger charge is -2.31. The van der Waals surface area contributed by atoms with Crippen LogP contribution in [0, 0.1) is 5.92 Å². The Balaban J connectivity index is 1.80. The Morgan fingerprint density at radius 1 is 1.32 bits per heavy atom. The number of aromatic amines is 1. The molecule has 0 radical (unpaired) electrons. The molecule has 1 aliphatic rings. The number of carbonyl (C=O) groups is 1. The van der Waals surface area contributed by atoms with Crippen LogP contribution >= 0.6 is 0 Å². The van der Waals surface area contributed by atoms with Gasteiger partial charge in [0.05, 0.1) is 17.2 Å². The van der Waals surface area contributed by atoms with E-state index in [-0.39, 0.29) is 11.5 Å². The number of carbonyl (C=O) groups excluding carboxylic acids is 1. The summed E-state index contributed by atoms with van der Waals surface area (Å²) in [5.74, 6) is -0.836. The van der Waals surface area contributed by atoms with E-state index in [9.17, 15) is 18.4 Å². The lowest BCUT2D eigenvalue weighted by molar-refractivity contribution is 0.0311. The van der Waals surface area contributed by atoms with Crippen molar-refractivity contribution >= 4 is 16.8 Å². The Labute approximate surface area is 125 Å². The highest BCUT2D eigenvalue weighted by Crippen LogP contribution is 2.24. The fraction of sp³-hybridized carbons (Fsp3) is 0.400. The molecule has 0 spiro atoms. The minimum absolute atomic E-state index is 0.211. The Hall–Kier alpha value is -2.31. The number of piperidine rings is 1. The monoisotopic (exact) mass is 307 g/mol. The number of hydrogen-bond donors (Lipinski definition) is 1. The van der Waals surface area contributed by atoms with Gasteiger partial charge < -0.3 is 9.88 Å². The lowest BCUT2D eigenvalue weighted by Crippen LogP contribution is -2.40. The summed E-state index contributed by atoms with van der Waals surface area (Å²) in [5, 5.41) is 0.412. The zero-order valence-electron chi connectivity index (χ0n) is 11.8. The van der Waals surface area contributed by atoms with Crippen LogP contribution in [0.1, 0.15) is 23.2 Å². The molecule has 5 nitrogen and oxygen atoms in total. The highest BCUT2D eigenvalue weighted by molar-refractivity contribution is 5.97. The van der Waals surface area contributed by atoms with E-state index in [1.165, 1.54) is 6.33 Å². The van der Waals surface area contributed by atoms with Crippen LogP contribution in [-0.4, -0.2) is 40.3 Å². The van der Waals surface area contributed by atoms with E-state index in [2.05, 4.69) is 9.97 Å². The second-order valence-corrected chi connectivity index (χ2v) is 5.43. The van der Waals surface area contributed by atoms with E-state index < -0.39 is 12.3 Å². The molecule has 2 aromatic rings. The Morgan fingerprint density at radius 2 is 2.05 bits per heavy atom. The van der Waals surface area contributed by atoms with Crippen LogP contribution in [0.15, 0.2) is 29.3 Å². The van der Waals surface area contributed by atoms with Gasteiger partial charge in [-0.3, -0.25) is 9.59 Å². The van der Waals surface area contributed by atoms with E-state index >= 15 is 0 Å². The molecule has 3 rings (SSSR count). The summed E-state index contributed by atoms with van der Waals surface area (Å²) < 4.78 is 25.3. The average Bonchev–Trinajstić information content (AvgIpc) is 2.54. The number of aromatic nitrogens is 2. The number of alkyl halides is 2. The maximum atomic E-state index is 12.6. The number of H-pyrrole nitrogens is 1. The summed E-state index contributed by atoms with van der Waals surface area (Å²) in [6.45, 7) is 0.656. The number of nitrogens with one attached hydrogen (secondary N) is 1. The highest BCUT2D eigenvalue weighted by Gasteiger charge is 2.28. The van der Waals surface area contributed by atoms with Crippen LogP contribution in [0.3, 0.4) is 0 Å². The molecule has 1 aliphatic heterocycles. The number of nitrogens with zero attached hydrogens (tertiary/aromatic N) is 2. The largest absolute Gasteiger partial charge is 0.339 e. The minimum atomic E-state index is -2.33. The van der Waals surface area contributed by atoms with Gasteiger partial charge in [-0.15, -0.1) is 0 Å².